The molecule has 146 valence electrons. The molecule has 0 bridgehead atoms. The number of ether oxygens (including phenoxy) is 1. The van der Waals surface area contributed by atoms with Crippen LogP contribution in [0.4, 0.5) is 5.95 Å². The summed E-state index contributed by atoms with van der Waals surface area (Å²) in [6.07, 6.45) is 2.60. The van der Waals surface area contributed by atoms with Gasteiger partial charge in [0.15, 0.2) is 0 Å². The molecule has 0 aliphatic carbocycles. The lowest BCUT2D eigenvalue weighted by atomic mass is 10.1. The first-order valence-electron chi connectivity index (χ1n) is 9.27. The van der Waals surface area contributed by atoms with E-state index in [4.69, 9.17) is 4.74 Å². The summed E-state index contributed by atoms with van der Waals surface area (Å²) in [5, 5.41) is 13.5. The molecule has 1 aromatic heterocycles. The number of hydrazone groups is 1. The molecule has 7 nitrogen and oxygen atoms in total. The number of hydrogen-bond acceptors (Lipinski definition) is 6. The number of aromatic nitrogens is 2. The molecule has 1 heterocycles. The lowest BCUT2D eigenvalue weighted by Crippen LogP contribution is -2.16. The Labute approximate surface area is 168 Å². The molecule has 0 radical (unpaired) electrons. The molecule has 29 heavy (non-hydrogen) atoms. The minimum Gasteiger partial charge on any atom is -0.377 e. The Kier molecular flexibility index (Phi) is 6.87. The normalized spacial score (nSPS) is 10.8. The zero-order valence-electron chi connectivity index (χ0n) is 16.1. The molecule has 0 aliphatic heterocycles. The number of nitriles is 1. The zero-order chi connectivity index (χ0) is 20.5. The Hall–Kier alpha value is -3.76. The van der Waals surface area contributed by atoms with Crippen molar-refractivity contribution in [2.75, 3.05) is 12.0 Å². The molecule has 0 saturated carbocycles. The first kappa shape index (κ1) is 20.0. The number of anilines is 1. The summed E-state index contributed by atoms with van der Waals surface area (Å²) >= 11 is 0. The predicted octanol–water partition coefficient (Wildman–Crippen LogP) is 3.68. The second-order valence-corrected chi connectivity index (χ2v) is 6.24. The monoisotopic (exact) mass is 387 g/mol. The number of H-pyrrole nitrogens is 1. The highest BCUT2D eigenvalue weighted by molar-refractivity contribution is 5.82. The smallest absolute Gasteiger partial charge is 0.270 e. The maximum atomic E-state index is 12.3. The maximum absolute atomic E-state index is 12.3. The maximum Gasteiger partial charge on any atom is 0.270 e. The van der Waals surface area contributed by atoms with Crippen LogP contribution in [-0.2, 0) is 11.3 Å². The Morgan fingerprint density at radius 2 is 1.97 bits per heavy atom. The molecule has 0 amide bonds. The quantitative estimate of drug-likeness (QED) is 0.349. The average molecular weight is 387 g/mol. The van der Waals surface area contributed by atoms with Crippen LogP contribution in [0.2, 0.25) is 0 Å². The summed E-state index contributed by atoms with van der Waals surface area (Å²) in [7, 11) is 0. The molecule has 0 fully saturated rings. The minimum absolute atomic E-state index is 0.0378. The van der Waals surface area contributed by atoms with Gasteiger partial charge in [0.05, 0.1) is 18.5 Å². The SMILES string of the molecule is CCCOCc1ccccc1C=NNc1nc(-c2ccccc2)c(C#N)c(=O)[nH]1. The third-order valence-electron chi connectivity index (χ3n) is 4.11. The van der Waals surface area contributed by atoms with E-state index in [9.17, 15) is 10.1 Å². The summed E-state index contributed by atoms with van der Waals surface area (Å²) in [4.78, 5) is 19.2. The number of aromatic amines is 1. The van der Waals surface area contributed by atoms with Crippen LogP contribution in [0.3, 0.4) is 0 Å². The van der Waals surface area contributed by atoms with Crippen LogP contribution >= 0.6 is 0 Å². The van der Waals surface area contributed by atoms with E-state index in [2.05, 4.69) is 27.4 Å². The topological polar surface area (TPSA) is 103 Å². The van der Waals surface area contributed by atoms with E-state index in [0.29, 0.717) is 24.5 Å². The standard InChI is InChI=1S/C22H21N5O2/c1-2-12-29-15-18-11-7-6-10-17(18)14-24-27-22-25-20(16-8-4-3-5-9-16)19(13-23)21(28)26-22/h3-11,14H,2,12,15H2,1H3,(H2,25,26,27,28). The van der Waals surface area contributed by atoms with Crippen LogP contribution in [0, 0.1) is 11.3 Å². The molecule has 3 aromatic rings. The lowest BCUT2D eigenvalue weighted by Gasteiger charge is -2.07. The van der Waals surface area contributed by atoms with E-state index in [0.717, 1.165) is 17.5 Å². The fourth-order valence-corrected chi connectivity index (χ4v) is 2.72. The van der Waals surface area contributed by atoms with Gasteiger partial charge in [-0.25, -0.2) is 10.4 Å². The van der Waals surface area contributed by atoms with Gasteiger partial charge in [0.25, 0.3) is 5.56 Å². The van der Waals surface area contributed by atoms with E-state index < -0.39 is 5.56 Å². The average Bonchev–Trinajstić information content (AvgIpc) is 2.75. The Morgan fingerprint density at radius 3 is 2.72 bits per heavy atom. The lowest BCUT2D eigenvalue weighted by molar-refractivity contribution is 0.121. The Morgan fingerprint density at radius 1 is 1.21 bits per heavy atom. The van der Waals surface area contributed by atoms with E-state index in [1.807, 2.05) is 48.5 Å². The molecular formula is C22H21N5O2. The van der Waals surface area contributed by atoms with Gasteiger partial charge in [-0.2, -0.15) is 10.4 Å². The van der Waals surface area contributed by atoms with Gasteiger partial charge in [0, 0.05) is 17.7 Å². The van der Waals surface area contributed by atoms with E-state index in [-0.39, 0.29) is 11.5 Å². The fourth-order valence-electron chi connectivity index (χ4n) is 2.72. The van der Waals surface area contributed by atoms with Crippen LogP contribution < -0.4 is 11.0 Å². The molecule has 0 spiro atoms. The van der Waals surface area contributed by atoms with Crippen molar-refractivity contribution in [2.45, 2.75) is 20.0 Å². The molecular weight excluding hydrogens is 366 g/mol. The van der Waals surface area contributed by atoms with Crippen molar-refractivity contribution in [3.8, 4) is 17.3 Å². The first-order chi connectivity index (χ1) is 14.2. The third-order valence-corrected chi connectivity index (χ3v) is 4.11. The third kappa shape index (κ3) is 5.15. The molecule has 0 unspecified atom stereocenters. The predicted molar refractivity (Wildman–Crippen MR) is 113 cm³/mol. The van der Waals surface area contributed by atoms with Gasteiger partial charge in [-0.15, -0.1) is 0 Å². The van der Waals surface area contributed by atoms with E-state index in [1.165, 1.54) is 0 Å². The highest BCUT2D eigenvalue weighted by Crippen LogP contribution is 2.19. The van der Waals surface area contributed by atoms with Gasteiger partial charge in [0.1, 0.15) is 11.6 Å². The summed E-state index contributed by atoms with van der Waals surface area (Å²) in [5.74, 6) is 0.156. The van der Waals surface area contributed by atoms with Gasteiger partial charge in [0.2, 0.25) is 5.95 Å². The van der Waals surface area contributed by atoms with Crippen molar-refractivity contribution < 1.29 is 4.74 Å². The zero-order valence-corrected chi connectivity index (χ0v) is 16.1. The van der Waals surface area contributed by atoms with Crippen molar-refractivity contribution in [1.82, 2.24) is 9.97 Å². The number of nitrogens with one attached hydrogen (secondary N) is 2. The van der Waals surface area contributed by atoms with Crippen LogP contribution in [0.1, 0.15) is 30.0 Å². The van der Waals surface area contributed by atoms with Gasteiger partial charge < -0.3 is 4.74 Å². The van der Waals surface area contributed by atoms with Crippen molar-refractivity contribution in [3.05, 3.63) is 81.6 Å². The summed E-state index contributed by atoms with van der Waals surface area (Å²) in [6, 6.07) is 18.8. The Bertz CT molecular complexity index is 1080. The number of rotatable bonds is 8. The van der Waals surface area contributed by atoms with Crippen molar-refractivity contribution in [2.24, 2.45) is 5.10 Å². The molecule has 0 aliphatic rings. The van der Waals surface area contributed by atoms with E-state index >= 15 is 0 Å². The van der Waals surface area contributed by atoms with Crippen LogP contribution in [-0.4, -0.2) is 22.8 Å². The summed E-state index contributed by atoms with van der Waals surface area (Å²) in [5.41, 5.74) is 5.08. The molecule has 7 heteroatoms. The molecule has 0 atom stereocenters. The highest BCUT2D eigenvalue weighted by atomic mass is 16.5. The minimum atomic E-state index is -0.521. The van der Waals surface area contributed by atoms with Crippen LogP contribution in [0.5, 0.6) is 0 Å². The molecule has 2 aromatic carbocycles. The van der Waals surface area contributed by atoms with Crippen LogP contribution in [0.15, 0.2) is 64.5 Å². The summed E-state index contributed by atoms with van der Waals surface area (Å²) in [6.45, 7) is 3.26. The van der Waals surface area contributed by atoms with Gasteiger partial charge >= 0.3 is 0 Å². The molecule has 0 saturated heterocycles. The van der Waals surface area contributed by atoms with Crippen LogP contribution in [0.25, 0.3) is 11.3 Å². The van der Waals surface area contributed by atoms with Crippen molar-refractivity contribution >= 4 is 12.2 Å². The highest BCUT2D eigenvalue weighted by Gasteiger charge is 2.12. The van der Waals surface area contributed by atoms with Gasteiger partial charge in [-0.05, 0) is 12.0 Å². The number of benzene rings is 2. The second-order valence-electron chi connectivity index (χ2n) is 6.24. The summed E-state index contributed by atoms with van der Waals surface area (Å²) < 4.78 is 5.61. The number of nitrogens with zero attached hydrogens (tertiary/aromatic N) is 3. The van der Waals surface area contributed by atoms with Gasteiger partial charge in [-0.3, -0.25) is 9.78 Å². The first-order valence-corrected chi connectivity index (χ1v) is 9.27. The Balaban J connectivity index is 1.83. The second kappa shape index (κ2) is 9.97. The largest absolute Gasteiger partial charge is 0.377 e. The molecule has 2 N–H and O–H groups in total. The van der Waals surface area contributed by atoms with Gasteiger partial charge in [-0.1, -0.05) is 61.5 Å². The fraction of sp³-hybridized carbons (Fsp3) is 0.182. The van der Waals surface area contributed by atoms with Crippen molar-refractivity contribution in [3.63, 3.8) is 0 Å². The van der Waals surface area contributed by atoms with E-state index in [1.54, 1.807) is 18.3 Å². The van der Waals surface area contributed by atoms with Crippen molar-refractivity contribution in [1.29, 1.82) is 5.26 Å². The number of hydrogen-bond donors (Lipinski definition) is 2. The molecule has 3 rings (SSSR count).